The minimum absolute atomic E-state index is 0.691. The van der Waals surface area contributed by atoms with Gasteiger partial charge in [0.25, 0.3) is 0 Å². The fourth-order valence-corrected chi connectivity index (χ4v) is 4.92. The highest BCUT2D eigenvalue weighted by Crippen LogP contribution is 2.34. The number of benzene rings is 5. The minimum atomic E-state index is 0.691. The molecule has 2 heteroatoms. The maximum Gasteiger partial charge on any atom is 0.121 e. The van der Waals surface area contributed by atoms with Gasteiger partial charge in [-0.25, -0.2) is 0 Å². The van der Waals surface area contributed by atoms with E-state index in [1.54, 1.807) is 0 Å². The number of nitrogens with zero attached hydrogens (tertiary/aromatic N) is 1. The van der Waals surface area contributed by atoms with Gasteiger partial charge >= 0.3 is 0 Å². The van der Waals surface area contributed by atoms with Crippen LogP contribution in [0.4, 0.5) is 17.1 Å². The molecular weight excluding hydrogens is 426 g/mol. The van der Waals surface area contributed by atoms with E-state index in [0.717, 1.165) is 17.1 Å². The van der Waals surface area contributed by atoms with E-state index in [0.29, 0.717) is 9.52 Å². The summed E-state index contributed by atoms with van der Waals surface area (Å²) >= 11 is 0. The number of hydrogen-bond acceptors (Lipinski definition) is 1. The average Bonchev–Trinajstić information content (AvgIpc) is 2.91. The van der Waals surface area contributed by atoms with Crippen molar-refractivity contribution in [2.24, 2.45) is 0 Å². The van der Waals surface area contributed by atoms with Crippen LogP contribution in [0.25, 0.3) is 12.2 Å². The molecule has 0 fully saturated rings. The van der Waals surface area contributed by atoms with Crippen LogP contribution in [0.3, 0.4) is 0 Å². The second kappa shape index (κ2) is 10.6. The number of anilines is 3. The van der Waals surface area contributed by atoms with Crippen molar-refractivity contribution in [3.63, 3.8) is 0 Å². The number of para-hydroxylation sites is 2. The Kier molecular flexibility index (Phi) is 6.79. The van der Waals surface area contributed by atoms with Crippen LogP contribution in [0.2, 0.25) is 0 Å². The van der Waals surface area contributed by atoms with Crippen LogP contribution >= 0.6 is 0 Å². The Bertz CT molecular complexity index is 1290. The van der Waals surface area contributed by atoms with Crippen LogP contribution in [-0.4, -0.2) is 9.52 Å². The summed E-state index contributed by atoms with van der Waals surface area (Å²) in [6.45, 7) is 0. The van der Waals surface area contributed by atoms with Gasteiger partial charge in [-0.15, -0.1) is 0 Å². The first-order valence-corrected chi connectivity index (χ1v) is 12.5. The van der Waals surface area contributed by atoms with E-state index in [4.69, 9.17) is 0 Å². The van der Waals surface area contributed by atoms with Crippen molar-refractivity contribution in [1.82, 2.24) is 0 Å². The molecule has 34 heavy (non-hydrogen) atoms. The average molecular weight is 452 g/mol. The molecule has 0 aliphatic heterocycles. The zero-order valence-corrected chi connectivity index (χ0v) is 19.9. The highest BCUT2D eigenvalue weighted by Gasteiger charge is 2.11. The quantitative estimate of drug-likeness (QED) is 0.191. The molecule has 0 aliphatic rings. The fraction of sp³-hybridized carbons (Fsp3) is 0. The predicted molar refractivity (Wildman–Crippen MR) is 148 cm³/mol. The van der Waals surface area contributed by atoms with Gasteiger partial charge in [-0.3, -0.25) is 0 Å². The molecule has 0 spiro atoms. The van der Waals surface area contributed by atoms with Gasteiger partial charge in [-0.2, -0.15) is 0 Å². The number of rotatable bonds is 7. The smallest absolute Gasteiger partial charge is 0.121 e. The second-order valence-electron chi connectivity index (χ2n) is 8.04. The van der Waals surface area contributed by atoms with Crippen LogP contribution in [-0.2, 0) is 0 Å². The van der Waals surface area contributed by atoms with Crippen LogP contribution in [0, 0.1) is 0 Å². The fourth-order valence-electron chi connectivity index (χ4n) is 3.89. The molecular formula is C32H25NSi. The lowest BCUT2D eigenvalue weighted by Crippen LogP contribution is -2.26. The monoisotopic (exact) mass is 451 g/mol. The van der Waals surface area contributed by atoms with Crippen molar-refractivity contribution < 1.29 is 0 Å². The lowest BCUT2D eigenvalue weighted by Gasteiger charge is -2.25. The standard InChI is InChI=1S/C32H25NSi/c1-4-10-28(11-5-1)33(29-12-6-2-7-13-29)30-22-18-26(19-23-30)16-17-27-20-24-32(25-21-27)34-31-14-8-3-9-15-31/h1-25H. The van der Waals surface area contributed by atoms with Gasteiger partial charge in [0.15, 0.2) is 0 Å². The van der Waals surface area contributed by atoms with Gasteiger partial charge in [0, 0.05) is 17.1 Å². The molecule has 5 aromatic rings. The Morgan fingerprint density at radius 2 is 0.765 bits per heavy atom. The van der Waals surface area contributed by atoms with Gasteiger partial charge in [-0.1, -0.05) is 126 Å². The Labute approximate surface area is 204 Å². The van der Waals surface area contributed by atoms with E-state index in [1.807, 2.05) is 0 Å². The number of hydrogen-bond donors (Lipinski definition) is 0. The molecule has 2 radical (unpaired) electrons. The molecule has 162 valence electrons. The third kappa shape index (κ3) is 5.43. The van der Waals surface area contributed by atoms with E-state index >= 15 is 0 Å². The van der Waals surface area contributed by atoms with E-state index in [1.165, 1.54) is 21.5 Å². The van der Waals surface area contributed by atoms with Gasteiger partial charge in [0.1, 0.15) is 9.52 Å². The lowest BCUT2D eigenvalue weighted by atomic mass is 10.1. The van der Waals surface area contributed by atoms with E-state index in [2.05, 4.69) is 157 Å². The van der Waals surface area contributed by atoms with E-state index in [9.17, 15) is 0 Å². The summed E-state index contributed by atoms with van der Waals surface area (Å²) in [4.78, 5) is 2.28. The molecule has 0 bridgehead atoms. The normalized spacial score (nSPS) is 10.9. The van der Waals surface area contributed by atoms with Gasteiger partial charge in [-0.05, 0) is 47.5 Å². The summed E-state index contributed by atoms with van der Waals surface area (Å²) in [5, 5.41) is 2.72. The summed E-state index contributed by atoms with van der Waals surface area (Å²) in [7, 11) is 0.691. The molecule has 0 heterocycles. The van der Waals surface area contributed by atoms with Crippen molar-refractivity contribution in [2.75, 3.05) is 4.90 Å². The van der Waals surface area contributed by atoms with Crippen molar-refractivity contribution in [3.05, 3.63) is 151 Å². The molecule has 1 nitrogen and oxygen atoms in total. The molecule has 0 aromatic heterocycles. The first kappa shape index (κ1) is 21.7. The molecule has 0 saturated heterocycles. The van der Waals surface area contributed by atoms with Crippen molar-refractivity contribution in [2.45, 2.75) is 0 Å². The minimum Gasteiger partial charge on any atom is -0.311 e. The Morgan fingerprint density at radius 3 is 1.26 bits per heavy atom. The predicted octanol–water partition coefficient (Wildman–Crippen LogP) is 6.98. The van der Waals surface area contributed by atoms with Gasteiger partial charge in [0.05, 0.1) is 0 Å². The Morgan fingerprint density at radius 1 is 0.382 bits per heavy atom. The zero-order chi connectivity index (χ0) is 23.0. The van der Waals surface area contributed by atoms with Gasteiger partial charge in [0.2, 0.25) is 0 Å². The lowest BCUT2D eigenvalue weighted by molar-refractivity contribution is 1.28. The Balaban J connectivity index is 1.31. The Hall–Kier alpha value is -4.14. The summed E-state index contributed by atoms with van der Waals surface area (Å²) in [5.74, 6) is 0. The highest BCUT2D eigenvalue weighted by atomic mass is 28.2. The molecule has 0 N–H and O–H groups in total. The summed E-state index contributed by atoms with van der Waals surface area (Å²) < 4.78 is 0. The van der Waals surface area contributed by atoms with Crippen molar-refractivity contribution in [1.29, 1.82) is 0 Å². The summed E-state index contributed by atoms with van der Waals surface area (Å²) in [6, 6.07) is 49.2. The molecule has 5 aromatic carbocycles. The van der Waals surface area contributed by atoms with Gasteiger partial charge < -0.3 is 4.90 Å². The first-order chi connectivity index (χ1) is 16.8. The van der Waals surface area contributed by atoms with Crippen molar-refractivity contribution >= 4 is 49.1 Å². The zero-order valence-electron chi connectivity index (χ0n) is 18.9. The van der Waals surface area contributed by atoms with Crippen LogP contribution < -0.4 is 15.3 Å². The van der Waals surface area contributed by atoms with Crippen LogP contribution in [0.15, 0.2) is 140 Å². The summed E-state index contributed by atoms with van der Waals surface area (Å²) in [5.41, 5.74) is 5.82. The second-order valence-corrected chi connectivity index (χ2v) is 9.45. The molecule has 0 atom stereocenters. The van der Waals surface area contributed by atoms with Crippen LogP contribution in [0.1, 0.15) is 11.1 Å². The largest absolute Gasteiger partial charge is 0.311 e. The summed E-state index contributed by atoms with van der Waals surface area (Å²) in [6.07, 6.45) is 4.35. The molecule has 5 rings (SSSR count). The first-order valence-electron chi connectivity index (χ1n) is 11.5. The third-order valence-electron chi connectivity index (χ3n) is 5.62. The molecule has 0 aliphatic carbocycles. The van der Waals surface area contributed by atoms with E-state index < -0.39 is 0 Å². The molecule has 0 saturated carbocycles. The SMILES string of the molecule is C(=Cc1ccc(N(c2ccccc2)c2ccccc2)cc1)c1ccc([Si]c2ccccc2)cc1. The highest BCUT2D eigenvalue weighted by molar-refractivity contribution is 6.67. The third-order valence-corrected chi connectivity index (χ3v) is 6.87. The van der Waals surface area contributed by atoms with E-state index in [-0.39, 0.29) is 0 Å². The maximum atomic E-state index is 2.28. The van der Waals surface area contributed by atoms with Crippen molar-refractivity contribution in [3.8, 4) is 0 Å². The van der Waals surface area contributed by atoms with Crippen LogP contribution in [0.5, 0.6) is 0 Å². The molecule has 0 unspecified atom stereocenters. The maximum absolute atomic E-state index is 2.28. The molecule has 0 amide bonds. The topological polar surface area (TPSA) is 3.24 Å².